The summed E-state index contributed by atoms with van der Waals surface area (Å²) in [5.41, 5.74) is 8.36. The van der Waals surface area contributed by atoms with Crippen molar-refractivity contribution < 1.29 is 30.0 Å². The maximum Gasteiger partial charge on any atom is 0.155 e. The Balaban J connectivity index is 0.000000475. The molecule has 5 heteroatoms. The van der Waals surface area contributed by atoms with Gasteiger partial charge in [-0.05, 0) is 62.9 Å². The van der Waals surface area contributed by atoms with E-state index in [2.05, 4.69) is 118 Å². The van der Waals surface area contributed by atoms with Crippen LogP contribution in [0.4, 0.5) is 0 Å². The molecule has 0 bridgehead atoms. The van der Waals surface area contributed by atoms with E-state index in [1.807, 2.05) is 17.5 Å². The Hall–Kier alpha value is -3.89. The first-order chi connectivity index (χ1) is 20.2. The van der Waals surface area contributed by atoms with Crippen molar-refractivity contribution in [3.63, 3.8) is 0 Å². The number of ketones is 1. The molecule has 219 valence electrons. The molecular weight excluding hydrogens is 727 g/mol. The van der Waals surface area contributed by atoms with E-state index in [0.717, 1.165) is 11.3 Å². The molecule has 0 aliphatic carbocycles. The summed E-state index contributed by atoms with van der Waals surface area (Å²) < 4.78 is 1.28. The van der Waals surface area contributed by atoms with Gasteiger partial charge in [-0.15, -0.1) is 17.5 Å². The first-order valence-electron chi connectivity index (χ1n) is 14.1. The average Bonchev–Trinajstić information content (AvgIpc) is 3.32. The topological polar surface area (TPSA) is 50.2 Å². The van der Waals surface area contributed by atoms with E-state index in [1.54, 1.807) is 0 Å². The predicted octanol–water partition coefficient (Wildman–Crippen LogP) is 10.7. The number of aryl methyl sites for hydroxylation is 1. The van der Waals surface area contributed by atoms with Crippen molar-refractivity contribution in [1.29, 1.82) is 0 Å². The van der Waals surface area contributed by atoms with Crippen molar-refractivity contribution in [1.82, 2.24) is 4.98 Å². The summed E-state index contributed by atoms with van der Waals surface area (Å²) in [5, 5.41) is 11.9. The summed E-state index contributed by atoms with van der Waals surface area (Å²) in [7, 11) is 0. The molecule has 0 fully saturated rings. The Bertz CT molecular complexity index is 1900. The first kappa shape index (κ1) is 32.0. The molecule has 0 saturated carbocycles. The zero-order valence-electron chi connectivity index (χ0n) is 24.9. The van der Waals surface area contributed by atoms with Crippen LogP contribution in [0.3, 0.4) is 0 Å². The van der Waals surface area contributed by atoms with Crippen molar-refractivity contribution in [2.75, 3.05) is 0 Å². The van der Waals surface area contributed by atoms with Crippen LogP contribution in [0.5, 0.6) is 0 Å². The minimum absolute atomic E-state index is 0. The van der Waals surface area contributed by atoms with Gasteiger partial charge in [0.15, 0.2) is 5.78 Å². The molecular formula is C38H34IrNO2S-. The van der Waals surface area contributed by atoms with Gasteiger partial charge in [0.2, 0.25) is 0 Å². The fourth-order valence-electron chi connectivity index (χ4n) is 5.12. The summed E-state index contributed by atoms with van der Waals surface area (Å²) in [6, 6.07) is 36.3. The van der Waals surface area contributed by atoms with E-state index in [9.17, 15) is 4.79 Å². The number of pyridine rings is 1. The van der Waals surface area contributed by atoms with Gasteiger partial charge < -0.3 is 5.11 Å². The Morgan fingerprint density at radius 3 is 2.14 bits per heavy atom. The van der Waals surface area contributed by atoms with Crippen LogP contribution in [0, 0.1) is 13.0 Å². The molecule has 2 heterocycles. The number of aliphatic hydroxyl groups is 1. The maximum atomic E-state index is 10.0. The second-order valence-corrected chi connectivity index (χ2v) is 11.8. The van der Waals surface area contributed by atoms with E-state index < -0.39 is 0 Å². The number of aliphatic hydroxyl groups excluding tert-OH is 1. The molecule has 2 aromatic heterocycles. The predicted molar refractivity (Wildman–Crippen MR) is 178 cm³/mol. The maximum absolute atomic E-state index is 10.0. The molecule has 0 aliphatic heterocycles. The van der Waals surface area contributed by atoms with Crippen LogP contribution in [0.1, 0.15) is 44.7 Å². The second-order valence-electron chi connectivity index (χ2n) is 10.8. The fourth-order valence-corrected chi connectivity index (χ4v) is 6.43. The Kier molecular flexibility index (Phi) is 10.5. The van der Waals surface area contributed by atoms with Gasteiger partial charge in [0.1, 0.15) is 0 Å². The Morgan fingerprint density at radius 2 is 1.56 bits per heavy atom. The number of fused-ring (bicyclic) bond motifs is 2. The molecule has 0 spiro atoms. The SMILES string of the molecule is CC(=O)/C=C(/C)O.Cc1c(-c2ccccc2)sc2c(-c3ccccc3)cc(-c3nccc4cc(C(C)C)ccc34)[c-]c12.[Ir]. The molecule has 4 aromatic carbocycles. The third-order valence-corrected chi connectivity index (χ3v) is 8.56. The minimum Gasteiger partial charge on any atom is -0.512 e. The van der Waals surface area contributed by atoms with Gasteiger partial charge >= 0.3 is 0 Å². The van der Waals surface area contributed by atoms with Crippen LogP contribution >= 0.6 is 11.3 Å². The van der Waals surface area contributed by atoms with Crippen molar-refractivity contribution >= 4 is 38.0 Å². The number of hydrogen-bond acceptors (Lipinski definition) is 4. The second kappa shape index (κ2) is 14.1. The molecule has 0 saturated heterocycles. The van der Waals surface area contributed by atoms with E-state index in [0.29, 0.717) is 5.92 Å². The number of rotatable bonds is 5. The van der Waals surface area contributed by atoms with Crippen LogP contribution in [-0.4, -0.2) is 15.9 Å². The summed E-state index contributed by atoms with van der Waals surface area (Å²) >= 11 is 1.86. The third kappa shape index (κ3) is 7.19. The van der Waals surface area contributed by atoms with Gasteiger partial charge in [-0.25, -0.2) is 0 Å². The average molecular weight is 761 g/mol. The standard InChI is InChI=1S/C33H26NS.C5H8O2.Ir/c1-21(2)25-14-15-28-26(18-25)16-17-34-31(28)27-19-29-22(3)32(24-12-8-5-9-13-24)35-33(29)30(20-27)23-10-6-4-7-11-23;1-4(6)3-5(2)7;/h4-18,20-21H,1-3H3;3,6H,1-2H3;/q-1;;/b;4-3-;. The monoisotopic (exact) mass is 761 g/mol. The van der Waals surface area contributed by atoms with Crippen molar-refractivity contribution in [3.05, 3.63) is 126 Å². The Labute approximate surface area is 271 Å². The zero-order valence-corrected chi connectivity index (χ0v) is 28.1. The van der Waals surface area contributed by atoms with Gasteiger partial charge in [-0.2, -0.15) is 11.3 Å². The summed E-state index contributed by atoms with van der Waals surface area (Å²) in [6.45, 7) is 9.55. The number of thiophene rings is 1. The minimum atomic E-state index is -0.125. The molecule has 3 nitrogen and oxygen atoms in total. The number of hydrogen-bond donors (Lipinski definition) is 1. The number of carbonyl (C=O) groups is 1. The van der Waals surface area contributed by atoms with E-state index in [1.165, 1.54) is 73.5 Å². The quantitative estimate of drug-likeness (QED) is 0.108. The smallest absolute Gasteiger partial charge is 0.155 e. The van der Waals surface area contributed by atoms with E-state index >= 15 is 0 Å². The number of nitrogens with zero attached hydrogens (tertiary/aromatic N) is 1. The number of allylic oxidation sites excluding steroid dienone is 2. The first-order valence-corrected chi connectivity index (χ1v) is 14.9. The molecule has 0 atom stereocenters. The zero-order chi connectivity index (χ0) is 29.8. The molecule has 0 aliphatic rings. The van der Waals surface area contributed by atoms with Gasteiger partial charge in [-0.1, -0.05) is 116 Å². The van der Waals surface area contributed by atoms with Gasteiger partial charge in [-0.3, -0.25) is 9.78 Å². The van der Waals surface area contributed by atoms with Crippen LogP contribution in [0.15, 0.2) is 109 Å². The summed E-state index contributed by atoms with van der Waals surface area (Å²) in [5.74, 6) is 0.431. The molecule has 6 aromatic rings. The third-order valence-electron chi connectivity index (χ3n) is 7.18. The van der Waals surface area contributed by atoms with Crippen molar-refractivity contribution in [3.8, 4) is 32.8 Å². The number of aromatic nitrogens is 1. The summed E-state index contributed by atoms with van der Waals surface area (Å²) in [4.78, 5) is 16.2. The largest absolute Gasteiger partial charge is 0.512 e. The van der Waals surface area contributed by atoms with E-state index in [4.69, 9.17) is 10.1 Å². The van der Waals surface area contributed by atoms with E-state index in [-0.39, 0.29) is 31.6 Å². The van der Waals surface area contributed by atoms with Gasteiger partial charge in [0.05, 0.1) is 5.76 Å². The fraction of sp³-hybridized carbons (Fsp3) is 0.158. The van der Waals surface area contributed by atoms with Crippen molar-refractivity contribution in [2.24, 2.45) is 0 Å². The normalized spacial score (nSPS) is 11.3. The van der Waals surface area contributed by atoms with Gasteiger partial charge in [0, 0.05) is 38.1 Å². The van der Waals surface area contributed by atoms with Crippen LogP contribution < -0.4 is 0 Å². The Morgan fingerprint density at radius 1 is 0.907 bits per heavy atom. The molecule has 6 rings (SSSR count). The number of benzene rings is 4. The molecule has 0 unspecified atom stereocenters. The van der Waals surface area contributed by atoms with Crippen LogP contribution in [0.2, 0.25) is 0 Å². The molecule has 43 heavy (non-hydrogen) atoms. The molecule has 1 N–H and O–H groups in total. The van der Waals surface area contributed by atoms with Gasteiger partial charge in [0.25, 0.3) is 0 Å². The van der Waals surface area contributed by atoms with Crippen LogP contribution in [0.25, 0.3) is 53.7 Å². The summed E-state index contributed by atoms with van der Waals surface area (Å²) in [6.07, 6.45) is 3.10. The van der Waals surface area contributed by atoms with Crippen molar-refractivity contribution in [2.45, 2.75) is 40.5 Å². The van der Waals surface area contributed by atoms with Crippen LogP contribution in [-0.2, 0) is 24.9 Å². The molecule has 0 amide bonds. The molecule has 1 radical (unpaired) electrons. The number of carbonyl (C=O) groups excluding carboxylic acids is 1.